The van der Waals surface area contributed by atoms with E-state index in [4.69, 9.17) is 4.74 Å². The van der Waals surface area contributed by atoms with E-state index in [2.05, 4.69) is 0 Å². The minimum atomic E-state index is -3.16. The summed E-state index contributed by atoms with van der Waals surface area (Å²) in [5, 5.41) is 0. The van der Waals surface area contributed by atoms with Crippen molar-refractivity contribution < 1.29 is 13.2 Å². The van der Waals surface area contributed by atoms with Gasteiger partial charge in [-0.15, -0.1) is 0 Å². The number of aryl methyl sites for hydroxylation is 1. The molecule has 1 fully saturated rings. The zero-order valence-corrected chi connectivity index (χ0v) is 11.4. The van der Waals surface area contributed by atoms with Crippen molar-refractivity contribution in [2.24, 2.45) is 0 Å². The third-order valence-corrected chi connectivity index (χ3v) is 4.93. The molecule has 0 aliphatic carbocycles. The van der Waals surface area contributed by atoms with Crippen LogP contribution in [-0.2, 0) is 21.2 Å². The molecule has 18 heavy (non-hydrogen) atoms. The lowest BCUT2D eigenvalue weighted by Gasteiger charge is -2.30. The van der Waals surface area contributed by atoms with Crippen molar-refractivity contribution in [3.05, 3.63) is 35.9 Å². The topological polar surface area (TPSA) is 46.6 Å². The molecule has 0 radical (unpaired) electrons. The number of sulfonamides is 1. The van der Waals surface area contributed by atoms with Crippen LogP contribution >= 0.6 is 0 Å². The summed E-state index contributed by atoms with van der Waals surface area (Å²) in [5.41, 5.74) is 1.06. The van der Waals surface area contributed by atoms with E-state index in [1.165, 1.54) is 0 Å². The number of benzene rings is 1. The van der Waals surface area contributed by atoms with Crippen LogP contribution in [0.25, 0.3) is 0 Å². The Balaban J connectivity index is 1.95. The highest BCUT2D eigenvalue weighted by molar-refractivity contribution is 7.89. The number of hydrogen-bond donors (Lipinski definition) is 0. The fourth-order valence-corrected chi connectivity index (χ4v) is 3.60. The normalized spacial score (nSPS) is 21.9. The Labute approximate surface area is 109 Å². The monoisotopic (exact) mass is 269 g/mol. The van der Waals surface area contributed by atoms with Gasteiger partial charge in [-0.3, -0.25) is 0 Å². The molecule has 0 saturated carbocycles. The van der Waals surface area contributed by atoms with E-state index in [1.54, 1.807) is 4.31 Å². The van der Waals surface area contributed by atoms with Gasteiger partial charge in [-0.1, -0.05) is 30.3 Å². The lowest BCUT2D eigenvalue weighted by Crippen LogP contribution is -2.45. The van der Waals surface area contributed by atoms with E-state index < -0.39 is 10.0 Å². The third-order valence-electron chi connectivity index (χ3n) is 3.09. The van der Waals surface area contributed by atoms with Crippen LogP contribution in [0.3, 0.4) is 0 Å². The second-order valence-corrected chi connectivity index (χ2v) is 6.68. The SMILES string of the molecule is C[C@@H]1CN(S(=O)(=O)CCc2ccccc2)CCO1. The lowest BCUT2D eigenvalue weighted by atomic mass is 10.2. The Morgan fingerprint density at radius 2 is 2.06 bits per heavy atom. The van der Waals surface area contributed by atoms with Gasteiger partial charge in [0.05, 0.1) is 18.5 Å². The van der Waals surface area contributed by atoms with Crippen LogP contribution in [0.1, 0.15) is 12.5 Å². The van der Waals surface area contributed by atoms with E-state index in [0.29, 0.717) is 26.1 Å². The summed E-state index contributed by atoms with van der Waals surface area (Å²) in [6.07, 6.45) is 0.555. The molecule has 1 saturated heterocycles. The van der Waals surface area contributed by atoms with Crippen LogP contribution in [0.2, 0.25) is 0 Å². The number of morpholine rings is 1. The lowest BCUT2D eigenvalue weighted by molar-refractivity contribution is 0.0102. The first-order chi connectivity index (χ1) is 8.58. The van der Waals surface area contributed by atoms with Crippen molar-refractivity contribution in [3.63, 3.8) is 0 Å². The quantitative estimate of drug-likeness (QED) is 0.827. The molecule has 1 aromatic rings. The molecule has 0 spiro atoms. The van der Waals surface area contributed by atoms with E-state index >= 15 is 0 Å². The van der Waals surface area contributed by atoms with Crippen LogP contribution in [0.5, 0.6) is 0 Å². The molecule has 1 aliphatic heterocycles. The maximum Gasteiger partial charge on any atom is 0.214 e. The molecule has 5 heteroatoms. The zero-order valence-electron chi connectivity index (χ0n) is 10.6. The first kappa shape index (κ1) is 13.5. The second-order valence-electron chi connectivity index (χ2n) is 4.59. The van der Waals surface area contributed by atoms with Crippen LogP contribution in [-0.4, -0.2) is 44.3 Å². The first-order valence-corrected chi connectivity index (χ1v) is 7.82. The van der Waals surface area contributed by atoms with Crippen molar-refractivity contribution in [2.75, 3.05) is 25.4 Å². The molecule has 0 unspecified atom stereocenters. The number of rotatable bonds is 4. The first-order valence-electron chi connectivity index (χ1n) is 6.21. The van der Waals surface area contributed by atoms with Gasteiger partial charge in [0.25, 0.3) is 0 Å². The van der Waals surface area contributed by atoms with Crippen molar-refractivity contribution >= 4 is 10.0 Å². The average Bonchev–Trinajstić information content (AvgIpc) is 2.38. The molecule has 1 aliphatic rings. The van der Waals surface area contributed by atoms with Crippen molar-refractivity contribution in [2.45, 2.75) is 19.4 Å². The highest BCUT2D eigenvalue weighted by Gasteiger charge is 2.26. The molecule has 0 N–H and O–H groups in total. The molecule has 1 atom stereocenters. The maximum atomic E-state index is 12.2. The summed E-state index contributed by atoms with van der Waals surface area (Å²) < 4.78 is 31.3. The van der Waals surface area contributed by atoms with E-state index in [-0.39, 0.29) is 11.9 Å². The number of hydrogen-bond acceptors (Lipinski definition) is 3. The molecule has 4 nitrogen and oxygen atoms in total. The predicted octanol–water partition coefficient (Wildman–Crippen LogP) is 1.28. The van der Waals surface area contributed by atoms with Crippen LogP contribution < -0.4 is 0 Å². The highest BCUT2D eigenvalue weighted by Crippen LogP contribution is 2.12. The Kier molecular flexibility index (Phi) is 4.37. The van der Waals surface area contributed by atoms with Gasteiger partial charge in [0.2, 0.25) is 10.0 Å². The van der Waals surface area contributed by atoms with Crippen LogP contribution in [0.15, 0.2) is 30.3 Å². The Morgan fingerprint density at radius 3 is 2.72 bits per heavy atom. The molecule has 0 bridgehead atoms. The summed E-state index contributed by atoms with van der Waals surface area (Å²) in [4.78, 5) is 0. The molecule has 1 aromatic carbocycles. The molecular weight excluding hydrogens is 250 g/mol. The standard InChI is InChI=1S/C13H19NO3S/c1-12-11-14(8-9-17-12)18(15,16)10-7-13-5-3-2-4-6-13/h2-6,12H,7-11H2,1H3/t12-/m1/s1. The van der Waals surface area contributed by atoms with Gasteiger partial charge in [0, 0.05) is 13.1 Å². The maximum absolute atomic E-state index is 12.2. The van der Waals surface area contributed by atoms with Gasteiger partial charge >= 0.3 is 0 Å². The summed E-state index contributed by atoms with van der Waals surface area (Å²) in [5.74, 6) is 0.170. The largest absolute Gasteiger partial charge is 0.376 e. The summed E-state index contributed by atoms with van der Waals surface area (Å²) >= 11 is 0. The van der Waals surface area contributed by atoms with E-state index in [1.807, 2.05) is 37.3 Å². The Morgan fingerprint density at radius 1 is 1.33 bits per heavy atom. The van der Waals surface area contributed by atoms with E-state index in [0.717, 1.165) is 5.56 Å². The van der Waals surface area contributed by atoms with Gasteiger partial charge in [-0.05, 0) is 18.9 Å². The van der Waals surface area contributed by atoms with Gasteiger partial charge in [0.15, 0.2) is 0 Å². The van der Waals surface area contributed by atoms with Crippen LogP contribution in [0, 0.1) is 0 Å². The summed E-state index contributed by atoms with van der Waals surface area (Å²) in [6, 6.07) is 9.70. The summed E-state index contributed by atoms with van der Waals surface area (Å²) in [6.45, 7) is 3.34. The van der Waals surface area contributed by atoms with Gasteiger partial charge < -0.3 is 4.74 Å². The van der Waals surface area contributed by atoms with Crippen LogP contribution in [0.4, 0.5) is 0 Å². The predicted molar refractivity (Wildman–Crippen MR) is 70.9 cm³/mol. The zero-order chi connectivity index (χ0) is 13.0. The average molecular weight is 269 g/mol. The van der Waals surface area contributed by atoms with Gasteiger partial charge in [-0.25, -0.2) is 8.42 Å². The fraction of sp³-hybridized carbons (Fsp3) is 0.538. The van der Waals surface area contributed by atoms with E-state index in [9.17, 15) is 8.42 Å². The number of nitrogens with zero attached hydrogens (tertiary/aromatic N) is 1. The Bertz CT molecular complexity index is 472. The third kappa shape index (κ3) is 3.54. The molecular formula is C13H19NO3S. The van der Waals surface area contributed by atoms with Gasteiger partial charge in [-0.2, -0.15) is 4.31 Å². The highest BCUT2D eigenvalue weighted by atomic mass is 32.2. The molecule has 2 rings (SSSR count). The van der Waals surface area contributed by atoms with Crippen molar-refractivity contribution in [1.29, 1.82) is 0 Å². The molecule has 100 valence electrons. The van der Waals surface area contributed by atoms with Crippen molar-refractivity contribution in [3.8, 4) is 0 Å². The molecule has 0 aromatic heterocycles. The van der Waals surface area contributed by atoms with Gasteiger partial charge in [0.1, 0.15) is 0 Å². The molecule has 1 heterocycles. The number of ether oxygens (including phenoxy) is 1. The minimum absolute atomic E-state index is 0.00903. The fourth-order valence-electron chi connectivity index (χ4n) is 2.06. The smallest absolute Gasteiger partial charge is 0.214 e. The van der Waals surface area contributed by atoms with Crippen molar-refractivity contribution in [1.82, 2.24) is 4.31 Å². The Hall–Kier alpha value is -0.910. The summed E-state index contributed by atoms with van der Waals surface area (Å²) in [7, 11) is -3.16. The second kappa shape index (κ2) is 5.82. The molecule has 0 amide bonds. The minimum Gasteiger partial charge on any atom is -0.376 e.